The number of nitrogens with zero attached hydrogens (tertiary/aromatic N) is 1. The molecule has 0 atom stereocenters. The standard InChI is InChI=1S/C14H14N2O5/c1-3-10-12(7(2)21-16-10)13(18)15-8-4-5-9(14(19)20)11(17)6-8/h4-6,17H,3H2,1-2H3,(H,15,18)(H,19,20). The fourth-order valence-electron chi connectivity index (χ4n) is 1.93. The number of phenols is 1. The van der Waals surface area contributed by atoms with Crippen LogP contribution in [-0.4, -0.2) is 27.2 Å². The lowest BCUT2D eigenvalue weighted by Gasteiger charge is -2.07. The zero-order valence-corrected chi connectivity index (χ0v) is 11.5. The van der Waals surface area contributed by atoms with Crippen LogP contribution in [-0.2, 0) is 6.42 Å². The van der Waals surface area contributed by atoms with Gasteiger partial charge in [0.2, 0.25) is 0 Å². The Bertz CT molecular complexity index is 705. The normalized spacial score (nSPS) is 10.4. The first-order valence-electron chi connectivity index (χ1n) is 6.26. The molecule has 3 N–H and O–H groups in total. The van der Waals surface area contributed by atoms with Crippen LogP contribution in [0.5, 0.6) is 5.75 Å². The van der Waals surface area contributed by atoms with E-state index >= 15 is 0 Å². The number of amides is 1. The van der Waals surface area contributed by atoms with Gasteiger partial charge in [0.05, 0.1) is 5.69 Å². The molecule has 0 saturated carbocycles. The van der Waals surface area contributed by atoms with Gasteiger partial charge < -0.3 is 20.1 Å². The number of aromatic carboxylic acids is 1. The van der Waals surface area contributed by atoms with Gasteiger partial charge in [-0.3, -0.25) is 4.79 Å². The number of benzene rings is 1. The van der Waals surface area contributed by atoms with E-state index in [4.69, 9.17) is 9.63 Å². The number of aromatic nitrogens is 1. The molecule has 1 aromatic carbocycles. The van der Waals surface area contributed by atoms with Gasteiger partial charge in [0.1, 0.15) is 22.6 Å². The van der Waals surface area contributed by atoms with Crippen molar-refractivity contribution in [2.45, 2.75) is 20.3 Å². The molecule has 7 heteroatoms. The number of carbonyl (C=O) groups is 2. The molecule has 7 nitrogen and oxygen atoms in total. The SMILES string of the molecule is CCc1noc(C)c1C(=O)Nc1ccc(C(=O)O)c(O)c1. The Morgan fingerprint density at radius 2 is 2.10 bits per heavy atom. The number of rotatable bonds is 4. The maximum atomic E-state index is 12.2. The van der Waals surface area contributed by atoms with Crippen molar-refractivity contribution in [3.05, 3.63) is 40.8 Å². The maximum Gasteiger partial charge on any atom is 0.339 e. The van der Waals surface area contributed by atoms with Crippen molar-refractivity contribution >= 4 is 17.6 Å². The number of hydrogen-bond donors (Lipinski definition) is 3. The van der Waals surface area contributed by atoms with E-state index in [-0.39, 0.29) is 11.3 Å². The summed E-state index contributed by atoms with van der Waals surface area (Å²) >= 11 is 0. The lowest BCUT2D eigenvalue weighted by molar-refractivity contribution is 0.0693. The molecule has 1 amide bonds. The van der Waals surface area contributed by atoms with Crippen LogP contribution in [0, 0.1) is 6.92 Å². The number of aromatic hydroxyl groups is 1. The maximum absolute atomic E-state index is 12.2. The average molecular weight is 290 g/mol. The number of nitrogens with one attached hydrogen (secondary N) is 1. The zero-order valence-electron chi connectivity index (χ0n) is 11.5. The molecule has 0 unspecified atom stereocenters. The second-order valence-corrected chi connectivity index (χ2v) is 4.41. The van der Waals surface area contributed by atoms with Crippen molar-refractivity contribution < 1.29 is 24.3 Å². The van der Waals surface area contributed by atoms with Crippen LogP contribution < -0.4 is 5.32 Å². The molecule has 0 fully saturated rings. The molecule has 2 aromatic rings. The van der Waals surface area contributed by atoms with Crippen LogP contribution in [0.25, 0.3) is 0 Å². The van der Waals surface area contributed by atoms with Gasteiger partial charge in [0.15, 0.2) is 0 Å². The minimum atomic E-state index is -1.24. The number of hydrogen-bond acceptors (Lipinski definition) is 5. The summed E-state index contributed by atoms with van der Waals surface area (Å²) < 4.78 is 4.98. The summed E-state index contributed by atoms with van der Waals surface area (Å²) in [6.45, 7) is 3.48. The molecule has 0 bridgehead atoms. The van der Waals surface area contributed by atoms with Crippen LogP contribution in [0.3, 0.4) is 0 Å². The summed E-state index contributed by atoms with van der Waals surface area (Å²) in [6, 6.07) is 3.79. The van der Waals surface area contributed by atoms with Crippen LogP contribution in [0.4, 0.5) is 5.69 Å². The zero-order chi connectivity index (χ0) is 15.6. The molecule has 0 spiro atoms. The van der Waals surface area contributed by atoms with Gasteiger partial charge in [-0.05, 0) is 25.5 Å². The van der Waals surface area contributed by atoms with Crippen LogP contribution in [0.1, 0.15) is 39.1 Å². The third-order valence-electron chi connectivity index (χ3n) is 2.98. The third-order valence-corrected chi connectivity index (χ3v) is 2.98. The summed E-state index contributed by atoms with van der Waals surface area (Å²) in [6.07, 6.45) is 0.545. The highest BCUT2D eigenvalue weighted by atomic mass is 16.5. The van der Waals surface area contributed by atoms with Crippen LogP contribution >= 0.6 is 0 Å². The van der Waals surface area contributed by atoms with Gasteiger partial charge in [-0.2, -0.15) is 0 Å². The van der Waals surface area contributed by atoms with Crippen molar-refractivity contribution in [1.82, 2.24) is 5.16 Å². The first-order valence-corrected chi connectivity index (χ1v) is 6.26. The third kappa shape index (κ3) is 2.86. The molecule has 1 heterocycles. The van der Waals surface area contributed by atoms with Gasteiger partial charge in [0.25, 0.3) is 5.91 Å². The van der Waals surface area contributed by atoms with Crippen molar-refractivity contribution in [3.63, 3.8) is 0 Å². The van der Waals surface area contributed by atoms with E-state index in [0.717, 1.165) is 0 Å². The highest BCUT2D eigenvalue weighted by Gasteiger charge is 2.19. The number of carboxylic acid groups (broad SMARTS) is 1. The predicted molar refractivity (Wildman–Crippen MR) is 73.6 cm³/mol. The minimum Gasteiger partial charge on any atom is -0.507 e. The van der Waals surface area contributed by atoms with E-state index in [2.05, 4.69) is 10.5 Å². The molecule has 0 aliphatic heterocycles. The molecule has 0 aliphatic rings. The van der Waals surface area contributed by atoms with Gasteiger partial charge in [-0.25, -0.2) is 4.79 Å². The largest absolute Gasteiger partial charge is 0.507 e. The first kappa shape index (κ1) is 14.6. The van der Waals surface area contributed by atoms with Crippen molar-refractivity contribution in [3.8, 4) is 5.75 Å². The van der Waals surface area contributed by atoms with E-state index in [0.29, 0.717) is 23.4 Å². The Hall–Kier alpha value is -2.83. The fraction of sp³-hybridized carbons (Fsp3) is 0.214. The highest BCUT2D eigenvalue weighted by Crippen LogP contribution is 2.23. The Balaban J connectivity index is 2.26. The predicted octanol–water partition coefficient (Wildman–Crippen LogP) is 2.20. The summed E-state index contributed by atoms with van der Waals surface area (Å²) in [5, 5.41) is 24.8. The molecule has 21 heavy (non-hydrogen) atoms. The van der Waals surface area contributed by atoms with E-state index in [9.17, 15) is 14.7 Å². The monoisotopic (exact) mass is 290 g/mol. The lowest BCUT2D eigenvalue weighted by Crippen LogP contribution is -2.14. The molecule has 2 rings (SSSR count). The summed E-state index contributed by atoms with van der Waals surface area (Å²) in [4.78, 5) is 23.0. The van der Waals surface area contributed by atoms with Gasteiger partial charge in [-0.1, -0.05) is 12.1 Å². The lowest BCUT2D eigenvalue weighted by atomic mass is 10.1. The first-order chi connectivity index (χ1) is 9.93. The van der Waals surface area contributed by atoms with Gasteiger partial charge in [-0.15, -0.1) is 0 Å². The summed E-state index contributed by atoms with van der Waals surface area (Å²) in [5.74, 6) is -1.68. The Morgan fingerprint density at radius 3 is 2.67 bits per heavy atom. The van der Waals surface area contributed by atoms with E-state index in [1.54, 1.807) is 6.92 Å². The van der Waals surface area contributed by atoms with Crippen molar-refractivity contribution in [2.75, 3.05) is 5.32 Å². The second kappa shape index (κ2) is 5.66. The fourth-order valence-corrected chi connectivity index (χ4v) is 1.93. The Kier molecular flexibility index (Phi) is 3.93. The minimum absolute atomic E-state index is 0.233. The molecule has 0 aliphatic carbocycles. The van der Waals surface area contributed by atoms with Crippen LogP contribution in [0.2, 0.25) is 0 Å². The van der Waals surface area contributed by atoms with Crippen molar-refractivity contribution in [1.29, 1.82) is 0 Å². The number of carbonyl (C=O) groups excluding carboxylic acids is 1. The second-order valence-electron chi connectivity index (χ2n) is 4.41. The topological polar surface area (TPSA) is 113 Å². The Labute approximate surface area is 120 Å². The average Bonchev–Trinajstić information content (AvgIpc) is 2.79. The molecular formula is C14H14N2O5. The van der Waals surface area contributed by atoms with E-state index in [1.807, 2.05) is 6.92 Å². The highest BCUT2D eigenvalue weighted by molar-refractivity contribution is 6.06. The van der Waals surface area contributed by atoms with E-state index in [1.165, 1.54) is 18.2 Å². The molecule has 1 aromatic heterocycles. The molecule has 0 radical (unpaired) electrons. The molecule has 110 valence electrons. The summed E-state index contributed by atoms with van der Waals surface area (Å²) in [5.41, 5.74) is 0.934. The quantitative estimate of drug-likeness (QED) is 0.795. The number of carboxylic acids is 1. The van der Waals surface area contributed by atoms with Gasteiger partial charge >= 0.3 is 5.97 Å². The molecule has 0 saturated heterocycles. The van der Waals surface area contributed by atoms with E-state index < -0.39 is 17.6 Å². The smallest absolute Gasteiger partial charge is 0.339 e. The number of aryl methyl sites for hydroxylation is 2. The van der Waals surface area contributed by atoms with Crippen LogP contribution in [0.15, 0.2) is 22.7 Å². The number of anilines is 1. The van der Waals surface area contributed by atoms with Crippen molar-refractivity contribution in [2.24, 2.45) is 0 Å². The summed E-state index contributed by atoms with van der Waals surface area (Å²) in [7, 11) is 0. The van der Waals surface area contributed by atoms with Gasteiger partial charge in [0, 0.05) is 11.8 Å². The molecular weight excluding hydrogens is 276 g/mol. The Morgan fingerprint density at radius 1 is 1.38 bits per heavy atom.